The number of nitrogens with one attached hydrogen (secondary N) is 2. The SMILES string of the molecule is CO[C@H]1C(OP(=O)(O)OC[C@H]2O[C@@H](n3cnc4c(=O)[nH]c(N)nc43)[C@@H](OC)C2OP(=O)(O)OC[C@H]2O[C@@H](n3cnc4c(N)ncnc43)[C@@H](O)C2OC(C)C)[C@@H](COOP(=O)(O)OP(=O)(O)OP(=O)(O)OC[C@H]2O[C@@H](N3CN(C)c4c3nc(N)[nH]c4=O)C(O)[C@H]2O)O[C@H]1n1cnc2c(N)ncnc21. The molecule has 0 aromatic carbocycles. The first kappa shape index (κ1) is 75.0. The van der Waals surface area contributed by atoms with Gasteiger partial charge in [0.1, 0.15) is 109 Å². The summed E-state index contributed by atoms with van der Waals surface area (Å²) in [5.41, 5.74) is 22.0. The third kappa shape index (κ3) is 15.4. The van der Waals surface area contributed by atoms with Gasteiger partial charge in [-0.2, -0.15) is 18.6 Å². The molecule has 12 heterocycles. The molecule has 0 bridgehead atoms. The van der Waals surface area contributed by atoms with Gasteiger partial charge in [0.2, 0.25) is 11.9 Å². The normalized spacial score (nSPS) is 30.5. The molecule has 0 spiro atoms. The van der Waals surface area contributed by atoms with Crippen molar-refractivity contribution < 1.29 is 137 Å². The van der Waals surface area contributed by atoms with Crippen molar-refractivity contribution in [2.75, 3.05) is 87.1 Å². The van der Waals surface area contributed by atoms with Crippen LogP contribution >= 0.6 is 39.1 Å². The number of nitrogens with zero attached hydrogens (tertiary/aromatic N) is 14. The number of ether oxygens (including phenoxy) is 7. The van der Waals surface area contributed by atoms with Crippen LogP contribution in [0, 0.1) is 0 Å². The van der Waals surface area contributed by atoms with E-state index in [1.54, 1.807) is 13.8 Å². The van der Waals surface area contributed by atoms with Crippen LogP contribution in [0.5, 0.6) is 0 Å². The van der Waals surface area contributed by atoms with Crippen LogP contribution in [-0.2, 0) is 96.8 Å². The third-order valence-electron chi connectivity index (χ3n) is 16.0. The fraction of sp³-hybridized carbons (Fsp3) is 0.587. The Morgan fingerprint density at radius 3 is 1.58 bits per heavy atom. The van der Waals surface area contributed by atoms with E-state index in [4.69, 9.17) is 83.6 Å². The molecule has 56 heteroatoms. The topological polar surface area (TPSA) is 702 Å². The summed E-state index contributed by atoms with van der Waals surface area (Å²) in [6.07, 6.45) is -21.0. The quantitative estimate of drug-likeness (QED) is 0.0124. The lowest BCUT2D eigenvalue weighted by molar-refractivity contribution is -0.244. The van der Waals surface area contributed by atoms with Gasteiger partial charge in [-0.1, -0.05) is 0 Å². The number of nitrogens with two attached hydrogens (primary N) is 4. The number of phosphoric acid groups is 5. The number of aromatic amines is 2. The van der Waals surface area contributed by atoms with E-state index in [1.807, 2.05) is 0 Å². The number of fused-ring (bicyclic) bond motifs is 4. The minimum Gasteiger partial charge on any atom is -0.387 e. The lowest BCUT2D eigenvalue weighted by Gasteiger charge is -2.27. The van der Waals surface area contributed by atoms with E-state index in [0.717, 1.165) is 44.1 Å². The van der Waals surface area contributed by atoms with Crippen molar-refractivity contribution in [2.45, 2.75) is 118 Å². The Balaban J connectivity index is 0.736. The highest BCUT2D eigenvalue weighted by Gasteiger charge is 2.56. The van der Waals surface area contributed by atoms with Crippen molar-refractivity contribution in [3.63, 3.8) is 0 Å². The molecule has 102 heavy (non-hydrogen) atoms. The molecular weight excluding hydrogens is 1480 g/mol. The minimum absolute atomic E-state index is 0.0104. The number of anilines is 6. The number of methoxy groups -OCH3 is 2. The maximum atomic E-state index is 14.5. The summed E-state index contributed by atoms with van der Waals surface area (Å²) in [7, 11) is -25.9. The summed E-state index contributed by atoms with van der Waals surface area (Å²) in [5.74, 6) is -0.871. The van der Waals surface area contributed by atoms with Gasteiger partial charge in [-0.3, -0.25) is 55.9 Å². The minimum atomic E-state index is -6.29. The van der Waals surface area contributed by atoms with E-state index >= 15 is 0 Å². The fourth-order valence-corrected chi connectivity index (χ4v) is 17.0. The van der Waals surface area contributed by atoms with Crippen LogP contribution in [0.3, 0.4) is 0 Å². The Bertz CT molecular complexity index is 4630. The number of phosphoric ester groups is 3. The van der Waals surface area contributed by atoms with Crippen LogP contribution < -0.4 is 43.9 Å². The predicted molar refractivity (Wildman–Crippen MR) is 333 cm³/mol. The van der Waals surface area contributed by atoms with Crippen molar-refractivity contribution >= 4 is 108 Å². The molecule has 4 fully saturated rings. The highest BCUT2D eigenvalue weighted by atomic mass is 31.3. The van der Waals surface area contributed by atoms with Crippen molar-refractivity contribution in [2.24, 2.45) is 0 Å². The van der Waals surface area contributed by atoms with Crippen molar-refractivity contribution in [1.82, 2.24) is 68.5 Å². The standard InChI is InChI=1S/C46H65N20O31P5/c1-16(2)88-28-19(90-42(27(28)69)63-12-55-21-33(47)51-10-53-35(21)63)8-85-98(72,73)94-30-20(92-44(32(30)83-5)65-14-57-23-37(65)58-45(49)60-39(23)70)9-86-99(74,75)93-29-18(91-43(31(29)82-4)64-13-56-22-34(48)52-11-54-36(22)64)6-84-95-101(78,79)97-102(80,81)96-100(76,77)87-7-17-25(67)26(68)41(89-17)66-15-62(3)24-38(66)59-46(50)61-40(24)71/h10-14,16-20,25-32,41-44,67-69H,6-9,15H2,1-5H3,(H,72,73)(H,74,75)(H,76,77)(H,78,79)(H,80,81)(H2,47,51,53)(H2,48,52,54)(H3,49,58,60,70)(H3,50,59,61,71)/t17-,18-,19-,20-,25+,26?,27+,28?,29?,30?,31+,32+,41-,42-,43-,44-/m1/s1. The van der Waals surface area contributed by atoms with Gasteiger partial charge in [0.15, 0.2) is 64.8 Å². The number of rotatable bonds is 29. The van der Waals surface area contributed by atoms with Gasteiger partial charge in [0.25, 0.3) is 11.1 Å². The molecular formula is C46H65N20O31P5. The zero-order valence-electron chi connectivity index (χ0n) is 53.0. The molecule has 21 atom stereocenters. The Hall–Kier alpha value is -6.68. The Morgan fingerprint density at radius 2 is 1.01 bits per heavy atom. The summed E-state index contributed by atoms with van der Waals surface area (Å²) in [5, 5.41) is 33.3. The molecule has 4 saturated heterocycles. The molecule has 7 aromatic rings. The second-order valence-electron chi connectivity index (χ2n) is 23.0. The molecule has 12 rings (SSSR count). The molecule has 5 aliphatic heterocycles. The van der Waals surface area contributed by atoms with Crippen LogP contribution in [0.15, 0.2) is 41.2 Å². The first-order valence-corrected chi connectivity index (χ1v) is 37.1. The van der Waals surface area contributed by atoms with E-state index in [9.17, 15) is 72.2 Å². The summed E-state index contributed by atoms with van der Waals surface area (Å²) in [6.45, 7) is -1.22. The monoisotopic (exact) mass is 1550 g/mol. The molecule has 7 aromatic heterocycles. The molecule has 0 radical (unpaired) electrons. The number of aliphatic hydroxyl groups is 3. The first-order chi connectivity index (χ1) is 48.1. The van der Waals surface area contributed by atoms with Gasteiger partial charge >= 0.3 is 39.1 Å². The summed E-state index contributed by atoms with van der Waals surface area (Å²) in [4.78, 5) is 129. The average molecular weight is 1550 g/mol. The number of imidazole rings is 3. The summed E-state index contributed by atoms with van der Waals surface area (Å²) in [6, 6.07) is 0. The van der Waals surface area contributed by atoms with Gasteiger partial charge in [-0.25, -0.2) is 62.6 Å². The smallest absolute Gasteiger partial charge is 0.387 e. The predicted octanol–water partition coefficient (Wildman–Crippen LogP) is -3.25. The maximum Gasteiger partial charge on any atom is 0.508 e. The number of nitrogen functional groups attached to an aromatic ring is 4. The average Bonchev–Trinajstić information content (AvgIpc) is 1.62. The van der Waals surface area contributed by atoms with E-state index < -0.39 is 181 Å². The lowest BCUT2D eigenvalue weighted by Crippen LogP contribution is -2.45. The van der Waals surface area contributed by atoms with Gasteiger partial charge in [-0.15, -0.1) is 4.67 Å². The molecule has 9 unspecified atom stereocenters. The number of aliphatic hydroxyl groups excluding tert-OH is 3. The van der Waals surface area contributed by atoms with Gasteiger partial charge in [0.05, 0.1) is 51.6 Å². The Morgan fingerprint density at radius 1 is 0.539 bits per heavy atom. The first-order valence-electron chi connectivity index (χ1n) is 29.6. The molecule has 560 valence electrons. The van der Waals surface area contributed by atoms with Gasteiger partial charge in [-0.05, 0) is 13.8 Å². The number of aromatic nitrogens is 14. The van der Waals surface area contributed by atoms with Crippen molar-refractivity contribution in [3.8, 4) is 0 Å². The molecule has 18 N–H and O–H groups in total. The van der Waals surface area contributed by atoms with Crippen molar-refractivity contribution in [1.29, 1.82) is 0 Å². The second kappa shape index (κ2) is 29.0. The number of hydrogen-bond acceptors (Lipinski definition) is 41. The van der Waals surface area contributed by atoms with Crippen LogP contribution in [0.25, 0.3) is 33.5 Å². The van der Waals surface area contributed by atoms with Crippen LogP contribution in [0.1, 0.15) is 32.5 Å². The van der Waals surface area contributed by atoms with E-state index in [2.05, 4.69) is 68.1 Å². The maximum absolute atomic E-state index is 14.5. The van der Waals surface area contributed by atoms with Crippen LogP contribution in [0.2, 0.25) is 0 Å². The highest BCUT2D eigenvalue weighted by Crippen LogP contribution is 2.68. The summed E-state index contributed by atoms with van der Waals surface area (Å²) < 4.78 is 153. The molecule has 0 amide bonds. The third-order valence-corrected chi connectivity index (χ3v) is 22.0. The van der Waals surface area contributed by atoms with Gasteiger partial charge < -0.3 is 106 Å². The van der Waals surface area contributed by atoms with Crippen molar-refractivity contribution in [3.05, 3.63) is 52.3 Å². The van der Waals surface area contributed by atoms with Crippen LogP contribution in [-0.4, -0.2) is 248 Å². The van der Waals surface area contributed by atoms with Gasteiger partial charge in [0, 0.05) is 21.3 Å². The van der Waals surface area contributed by atoms with E-state index in [0.29, 0.717) is 0 Å². The second-order valence-corrected chi connectivity index (χ2v) is 30.4. The largest absolute Gasteiger partial charge is 0.508 e. The highest BCUT2D eigenvalue weighted by molar-refractivity contribution is 7.66. The van der Waals surface area contributed by atoms with Crippen LogP contribution in [0.4, 0.5) is 35.0 Å². The number of hydrogen-bond donors (Lipinski definition) is 14. The lowest BCUT2D eigenvalue weighted by atomic mass is 10.1. The number of H-pyrrole nitrogens is 2. The zero-order valence-corrected chi connectivity index (χ0v) is 57.5. The molecule has 0 aliphatic carbocycles. The molecule has 5 aliphatic rings. The molecule has 51 nitrogen and oxygen atoms in total. The Kier molecular flexibility index (Phi) is 21.3. The van der Waals surface area contributed by atoms with E-state index in [1.165, 1.54) is 32.3 Å². The zero-order chi connectivity index (χ0) is 73.4. The van der Waals surface area contributed by atoms with E-state index in [-0.39, 0.29) is 75.2 Å². The molecule has 0 saturated carbocycles. The Labute approximate surface area is 568 Å². The summed E-state index contributed by atoms with van der Waals surface area (Å²) >= 11 is 0. The fourth-order valence-electron chi connectivity index (χ4n) is 11.8.